The van der Waals surface area contributed by atoms with Crippen molar-refractivity contribution in [3.05, 3.63) is 65.5 Å². The zero-order valence-corrected chi connectivity index (χ0v) is 12.1. The lowest BCUT2D eigenvalue weighted by Gasteiger charge is -2.10. The van der Waals surface area contributed by atoms with Gasteiger partial charge in [0.05, 0.1) is 19.6 Å². The maximum atomic E-state index is 13.3. The molecule has 0 aromatic heterocycles. The molecule has 0 bridgehead atoms. The number of amides is 1. The average Bonchev–Trinajstić information content (AvgIpc) is 2.55. The Bertz CT molecular complexity index is 631. The van der Waals surface area contributed by atoms with Gasteiger partial charge in [0.15, 0.2) is 11.6 Å². The van der Waals surface area contributed by atoms with Crippen molar-refractivity contribution in [3.8, 4) is 5.75 Å². The first-order chi connectivity index (χ1) is 10.7. The fourth-order valence-corrected chi connectivity index (χ4v) is 1.98. The second-order valence-electron chi connectivity index (χ2n) is 4.73. The van der Waals surface area contributed by atoms with Gasteiger partial charge < -0.3 is 15.2 Å². The zero-order valence-electron chi connectivity index (χ0n) is 12.1. The summed E-state index contributed by atoms with van der Waals surface area (Å²) in [6.45, 7) is 0.381. The number of benzene rings is 2. The maximum absolute atomic E-state index is 13.3. The van der Waals surface area contributed by atoms with E-state index in [0.29, 0.717) is 6.54 Å². The van der Waals surface area contributed by atoms with E-state index in [0.717, 1.165) is 11.1 Å². The van der Waals surface area contributed by atoms with Crippen molar-refractivity contribution in [2.75, 3.05) is 6.61 Å². The molecule has 2 aromatic carbocycles. The Hall–Kier alpha value is -2.40. The molecule has 0 radical (unpaired) electrons. The molecule has 2 rings (SSSR count). The molecule has 0 aliphatic rings. The molecule has 1 amide bonds. The predicted octanol–water partition coefficient (Wildman–Crippen LogP) is 2.40. The third-order valence-corrected chi connectivity index (χ3v) is 3.19. The van der Waals surface area contributed by atoms with E-state index in [1.165, 1.54) is 12.1 Å². The number of halogens is 1. The summed E-state index contributed by atoms with van der Waals surface area (Å²) >= 11 is 0. The normalized spacial score (nSPS) is 10.3. The highest BCUT2D eigenvalue weighted by Crippen LogP contribution is 2.15. The number of para-hydroxylation sites is 1. The Morgan fingerprint density at radius 3 is 2.50 bits per heavy atom. The lowest BCUT2D eigenvalue weighted by atomic mass is 10.1. The lowest BCUT2D eigenvalue weighted by molar-refractivity contribution is -0.121. The molecular formula is C17H18FNO3. The molecule has 2 aromatic rings. The topological polar surface area (TPSA) is 58.6 Å². The van der Waals surface area contributed by atoms with Gasteiger partial charge in [0.2, 0.25) is 5.91 Å². The molecule has 2 N–H and O–H groups in total. The van der Waals surface area contributed by atoms with Crippen LogP contribution in [-0.4, -0.2) is 17.6 Å². The first-order valence-corrected chi connectivity index (χ1v) is 7.02. The van der Waals surface area contributed by atoms with Crippen molar-refractivity contribution < 1.29 is 19.0 Å². The summed E-state index contributed by atoms with van der Waals surface area (Å²) in [6.07, 6.45) is 0.135. The van der Waals surface area contributed by atoms with Gasteiger partial charge in [-0.25, -0.2) is 4.39 Å². The summed E-state index contributed by atoms with van der Waals surface area (Å²) in [4.78, 5) is 11.7. The number of hydrogen-bond donors (Lipinski definition) is 2. The molecule has 0 aliphatic carbocycles. The molecule has 0 atom stereocenters. The van der Waals surface area contributed by atoms with Gasteiger partial charge in [-0.2, -0.15) is 0 Å². The number of carbonyl (C=O) groups is 1. The van der Waals surface area contributed by atoms with Crippen LogP contribution in [0.2, 0.25) is 0 Å². The van der Waals surface area contributed by atoms with Gasteiger partial charge in [0, 0.05) is 6.54 Å². The van der Waals surface area contributed by atoms with Crippen LogP contribution >= 0.6 is 0 Å². The minimum atomic E-state index is -0.445. The second kappa shape index (κ2) is 8.14. The van der Waals surface area contributed by atoms with Crippen LogP contribution in [0.25, 0.3) is 0 Å². The standard InChI is InChI=1S/C17H18FNO3/c18-15-7-3-4-8-16(15)22-10-9-17(21)19-11-13-5-1-2-6-14(13)12-20/h1-8,20H,9-12H2,(H,19,21). The number of carbonyl (C=O) groups excluding carboxylic acids is 1. The summed E-state index contributed by atoms with van der Waals surface area (Å²) in [6, 6.07) is 13.4. The highest BCUT2D eigenvalue weighted by molar-refractivity contribution is 5.76. The van der Waals surface area contributed by atoms with Gasteiger partial charge >= 0.3 is 0 Å². The molecule has 0 unspecified atom stereocenters. The van der Waals surface area contributed by atoms with Crippen molar-refractivity contribution in [2.45, 2.75) is 19.6 Å². The van der Waals surface area contributed by atoms with E-state index < -0.39 is 5.82 Å². The van der Waals surface area contributed by atoms with Crippen LogP contribution in [0.15, 0.2) is 48.5 Å². The van der Waals surface area contributed by atoms with E-state index in [9.17, 15) is 14.3 Å². The van der Waals surface area contributed by atoms with Gasteiger partial charge in [-0.05, 0) is 23.3 Å². The van der Waals surface area contributed by atoms with E-state index in [1.807, 2.05) is 24.3 Å². The molecule has 0 saturated heterocycles. The Morgan fingerprint density at radius 2 is 1.77 bits per heavy atom. The molecule has 0 heterocycles. The maximum Gasteiger partial charge on any atom is 0.223 e. The molecule has 4 nitrogen and oxygen atoms in total. The zero-order chi connectivity index (χ0) is 15.8. The first-order valence-electron chi connectivity index (χ1n) is 7.02. The van der Waals surface area contributed by atoms with Crippen LogP contribution in [0.1, 0.15) is 17.5 Å². The quantitative estimate of drug-likeness (QED) is 0.826. The van der Waals surface area contributed by atoms with Gasteiger partial charge in [0.25, 0.3) is 0 Å². The van der Waals surface area contributed by atoms with E-state index >= 15 is 0 Å². The van der Waals surface area contributed by atoms with E-state index in [1.54, 1.807) is 12.1 Å². The van der Waals surface area contributed by atoms with Crippen molar-refractivity contribution in [3.63, 3.8) is 0 Å². The van der Waals surface area contributed by atoms with Crippen LogP contribution in [0.3, 0.4) is 0 Å². The van der Waals surface area contributed by atoms with Crippen molar-refractivity contribution in [1.82, 2.24) is 5.32 Å². The Kier molecular flexibility index (Phi) is 5.91. The van der Waals surface area contributed by atoms with Gasteiger partial charge in [0.1, 0.15) is 0 Å². The van der Waals surface area contributed by atoms with Crippen molar-refractivity contribution >= 4 is 5.91 Å². The average molecular weight is 303 g/mol. The number of rotatable bonds is 7. The summed E-state index contributed by atoms with van der Waals surface area (Å²) in [5.74, 6) is -0.496. The Morgan fingerprint density at radius 1 is 1.09 bits per heavy atom. The largest absolute Gasteiger partial charge is 0.490 e. The number of hydrogen-bond acceptors (Lipinski definition) is 3. The first kappa shape index (κ1) is 16.0. The second-order valence-corrected chi connectivity index (χ2v) is 4.73. The molecule has 0 saturated carbocycles. The minimum absolute atomic E-state index is 0.0670. The highest BCUT2D eigenvalue weighted by Gasteiger charge is 2.06. The summed E-state index contributed by atoms with van der Waals surface area (Å²) in [7, 11) is 0. The van der Waals surface area contributed by atoms with Crippen LogP contribution in [0.4, 0.5) is 4.39 Å². The van der Waals surface area contributed by atoms with Gasteiger partial charge in [-0.3, -0.25) is 4.79 Å². The molecule has 5 heteroatoms. The fourth-order valence-electron chi connectivity index (χ4n) is 1.98. The third-order valence-electron chi connectivity index (χ3n) is 3.19. The molecule has 116 valence electrons. The van der Waals surface area contributed by atoms with E-state index in [-0.39, 0.29) is 31.3 Å². The summed E-state index contributed by atoms with van der Waals surface area (Å²) in [5, 5.41) is 12.0. The SMILES string of the molecule is O=C(CCOc1ccccc1F)NCc1ccccc1CO. The van der Waals surface area contributed by atoms with Gasteiger partial charge in [-0.1, -0.05) is 36.4 Å². The Labute approximate surface area is 128 Å². The molecule has 0 spiro atoms. The van der Waals surface area contributed by atoms with Crippen molar-refractivity contribution in [2.24, 2.45) is 0 Å². The van der Waals surface area contributed by atoms with Crippen LogP contribution in [0.5, 0.6) is 5.75 Å². The van der Waals surface area contributed by atoms with E-state index in [4.69, 9.17) is 4.74 Å². The van der Waals surface area contributed by atoms with Crippen LogP contribution < -0.4 is 10.1 Å². The highest BCUT2D eigenvalue weighted by atomic mass is 19.1. The number of aliphatic hydroxyl groups is 1. The summed E-state index contributed by atoms with van der Waals surface area (Å²) in [5.41, 5.74) is 1.65. The molecule has 0 aliphatic heterocycles. The fraction of sp³-hybridized carbons (Fsp3) is 0.235. The predicted molar refractivity (Wildman–Crippen MR) is 80.7 cm³/mol. The molecule has 0 fully saturated rings. The number of ether oxygens (including phenoxy) is 1. The number of aliphatic hydroxyl groups excluding tert-OH is 1. The molecule has 22 heavy (non-hydrogen) atoms. The van der Waals surface area contributed by atoms with Crippen LogP contribution in [-0.2, 0) is 17.9 Å². The van der Waals surface area contributed by atoms with Gasteiger partial charge in [-0.15, -0.1) is 0 Å². The Balaban J connectivity index is 1.75. The smallest absolute Gasteiger partial charge is 0.223 e. The van der Waals surface area contributed by atoms with Crippen LogP contribution in [0, 0.1) is 5.82 Å². The number of nitrogens with one attached hydrogen (secondary N) is 1. The van der Waals surface area contributed by atoms with E-state index in [2.05, 4.69) is 5.32 Å². The summed E-state index contributed by atoms with van der Waals surface area (Å²) < 4.78 is 18.5. The molecular weight excluding hydrogens is 285 g/mol. The third kappa shape index (κ3) is 4.56. The minimum Gasteiger partial charge on any atom is -0.490 e. The van der Waals surface area contributed by atoms with Crippen molar-refractivity contribution in [1.29, 1.82) is 0 Å². The monoisotopic (exact) mass is 303 g/mol. The lowest BCUT2D eigenvalue weighted by Crippen LogP contribution is -2.25.